The minimum Gasteiger partial charge on any atom is -0.399 e. The molecule has 1 aromatic rings. The van der Waals surface area contributed by atoms with Gasteiger partial charge in [0.25, 0.3) is 0 Å². The predicted molar refractivity (Wildman–Crippen MR) is 91.5 cm³/mol. The van der Waals surface area contributed by atoms with Crippen LogP contribution in [0.25, 0.3) is 0 Å². The number of rotatable bonds is 5. The molecule has 0 radical (unpaired) electrons. The lowest BCUT2D eigenvalue weighted by Crippen LogP contribution is -2.41. The molecule has 5 nitrogen and oxygen atoms in total. The summed E-state index contributed by atoms with van der Waals surface area (Å²) in [5.41, 5.74) is 0.567. The molecule has 2 rings (SSSR count). The molecule has 23 heavy (non-hydrogen) atoms. The average Bonchev–Trinajstić information content (AvgIpc) is 2.74. The monoisotopic (exact) mass is 324 g/mol. The van der Waals surface area contributed by atoms with E-state index >= 15 is 0 Å². The van der Waals surface area contributed by atoms with Gasteiger partial charge in [-0.3, -0.25) is 0 Å². The summed E-state index contributed by atoms with van der Waals surface area (Å²) in [4.78, 5) is 0. The van der Waals surface area contributed by atoms with Crippen molar-refractivity contribution in [1.29, 1.82) is 0 Å². The first-order valence-electron chi connectivity index (χ1n) is 7.96. The molecule has 1 aromatic carbocycles. The van der Waals surface area contributed by atoms with Crippen molar-refractivity contribution >= 4 is 12.6 Å². The van der Waals surface area contributed by atoms with Crippen LogP contribution in [0.1, 0.15) is 40.5 Å². The molecule has 1 aliphatic heterocycles. The van der Waals surface area contributed by atoms with Crippen LogP contribution < -0.4 is 5.46 Å². The number of hydrogen-bond acceptors (Lipinski definition) is 5. The van der Waals surface area contributed by atoms with Crippen LogP contribution in [0, 0.1) is 0 Å². The van der Waals surface area contributed by atoms with E-state index in [9.17, 15) is 0 Å². The Morgan fingerprint density at radius 1 is 1.09 bits per heavy atom. The van der Waals surface area contributed by atoms with Crippen molar-refractivity contribution < 1.29 is 24.3 Å². The van der Waals surface area contributed by atoms with Gasteiger partial charge in [-0.05, 0) is 39.6 Å². The van der Waals surface area contributed by atoms with E-state index in [-0.39, 0.29) is 24.9 Å². The molecule has 0 saturated carbocycles. The lowest BCUT2D eigenvalue weighted by molar-refractivity contribution is -0.0806. The maximum absolute atomic E-state index is 8.66. The molecule has 1 unspecified atom stereocenters. The van der Waals surface area contributed by atoms with Crippen molar-refractivity contribution in [1.82, 2.24) is 0 Å². The maximum atomic E-state index is 8.66. The first-order chi connectivity index (χ1) is 10.7. The van der Waals surface area contributed by atoms with Crippen molar-refractivity contribution in [2.24, 2.45) is 0 Å². The van der Waals surface area contributed by atoms with Crippen LogP contribution >= 0.6 is 0 Å². The molecule has 1 fully saturated rings. The highest BCUT2D eigenvalue weighted by molar-refractivity contribution is 6.62. The molecule has 0 aromatic heterocycles. The van der Waals surface area contributed by atoms with E-state index in [0.29, 0.717) is 12.8 Å². The Morgan fingerprint density at radius 2 is 1.61 bits per heavy atom. The Bertz CT molecular complexity index is 434. The minimum atomic E-state index is -0.706. The molecule has 0 aliphatic carbocycles. The molecule has 0 amide bonds. The average molecular weight is 324 g/mol. The van der Waals surface area contributed by atoms with Gasteiger partial charge in [-0.1, -0.05) is 30.3 Å². The lowest BCUT2D eigenvalue weighted by Gasteiger charge is -2.32. The molecule has 1 aliphatic rings. The fourth-order valence-corrected chi connectivity index (χ4v) is 1.97. The summed E-state index contributed by atoms with van der Waals surface area (Å²) in [6.07, 6.45) is 0.393. The third kappa shape index (κ3) is 5.90. The van der Waals surface area contributed by atoms with Crippen LogP contribution in [0.4, 0.5) is 0 Å². The summed E-state index contributed by atoms with van der Waals surface area (Å²) in [5.74, 6) is 0. The Hall–Kier alpha value is -0.915. The van der Waals surface area contributed by atoms with Gasteiger partial charge in [-0.15, -0.1) is 0 Å². The first-order valence-corrected chi connectivity index (χ1v) is 7.96. The van der Waals surface area contributed by atoms with Gasteiger partial charge in [0.15, 0.2) is 6.29 Å². The van der Waals surface area contributed by atoms with E-state index in [0.717, 1.165) is 5.46 Å². The zero-order chi connectivity index (χ0) is 17.5. The number of aliphatic hydroxyl groups excluding tert-OH is 2. The third-order valence-corrected chi connectivity index (χ3v) is 4.21. The van der Waals surface area contributed by atoms with E-state index in [1.165, 1.54) is 7.11 Å². The molecular formula is C17H29BO5. The molecule has 0 spiro atoms. The molecular weight excluding hydrogens is 295 g/mol. The largest absolute Gasteiger partial charge is 0.494 e. The maximum Gasteiger partial charge on any atom is 0.494 e. The number of benzene rings is 1. The molecule has 0 bridgehead atoms. The van der Waals surface area contributed by atoms with Crippen molar-refractivity contribution in [2.75, 3.05) is 13.7 Å². The minimum absolute atomic E-state index is 0.112. The van der Waals surface area contributed by atoms with E-state index in [1.54, 1.807) is 0 Å². The molecule has 1 saturated heterocycles. The Kier molecular flexibility index (Phi) is 7.70. The smallest absolute Gasteiger partial charge is 0.399 e. The zero-order valence-electron chi connectivity index (χ0n) is 14.8. The second-order valence-electron chi connectivity index (χ2n) is 6.56. The fourth-order valence-electron chi connectivity index (χ4n) is 1.97. The van der Waals surface area contributed by atoms with Crippen molar-refractivity contribution in [3.05, 3.63) is 30.3 Å². The van der Waals surface area contributed by atoms with E-state index in [1.807, 2.05) is 30.3 Å². The highest BCUT2D eigenvalue weighted by Gasteiger charge is 2.51. The summed E-state index contributed by atoms with van der Waals surface area (Å²) in [7, 11) is 1.19. The van der Waals surface area contributed by atoms with Gasteiger partial charge in [0.05, 0.1) is 11.2 Å². The predicted octanol–water partition coefficient (Wildman–Crippen LogP) is 1.71. The third-order valence-electron chi connectivity index (χ3n) is 4.21. The second-order valence-corrected chi connectivity index (χ2v) is 6.56. The van der Waals surface area contributed by atoms with Gasteiger partial charge in [0.2, 0.25) is 0 Å². The summed E-state index contributed by atoms with van der Waals surface area (Å²) in [6, 6.07) is 10.1. The molecule has 6 heteroatoms. The highest BCUT2D eigenvalue weighted by atomic mass is 16.7. The molecule has 1 heterocycles. The van der Waals surface area contributed by atoms with E-state index < -0.39 is 6.29 Å². The normalized spacial score (nSPS) is 19.9. The van der Waals surface area contributed by atoms with Crippen molar-refractivity contribution in [3.8, 4) is 0 Å². The van der Waals surface area contributed by atoms with Crippen LogP contribution in [-0.2, 0) is 14.0 Å². The van der Waals surface area contributed by atoms with Gasteiger partial charge in [0.1, 0.15) is 0 Å². The van der Waals surface area contributed by atoms with Gasteiger partial charge in [-0.25, -0.2) is 0 Å². The first kappa shape index (κ1) is 20.1. The Morgan fingerprint density at radius 3 is 2.04 bits per heavy atom. The summed E-state index contributed by atoms with van der Waals surface area (Å²) >= 11 is 0. The van der Waals surface area contributed by atoms with Gasteiger partial charge in [-0.2, -0.15) is 0 Å². The Balaban J connectivity index is 0.000000284. The molecule has 1 atom stereocenters. The summed E-state index contributed by atoms with van der Waals surface area (Å²) in [6.45, 7) is 8.37. The second kappa shape index (κ2) is 8.80. The number of hydrogen-bond donors (Lipinski definition) is 2. The van der Waals surface area contributed by atoms with Crippen LogP contribution in [0.2, 0.25) is 0 Å². The zero-order valence-corrected chi connectivity index (χ0v) is 14.8. The van der Waals surface area contributed by atoms with Crippen LogP contribution in [0.15, 0.2) is 30.3 Å². The van der Waals surface area contributed by atoms with Crippen LogP contribution in [-0.4, -0.2) is 48.5 Å². The van der Waals surface area contributed by atoms with Gasteiger partial charge >= 0.3 is 7.12 Å². The van der Waals surface area contributed by atoms with E-state index in [4.69, 9.17) is 19.5 Å². The number of methoxy groups -OCH3 is 1. The topological polar surface area (TPSA) is 68.2 Å². The van der Waals surface area contributed by atoms with Crippen LogP contribution in [0.3, 0.4) is 0 Å². The Labute approximate surface area is 139 Å². The van der Waals surface area contributed by atoms with Gasteiger partial charge < -0.3 is 24.3 Å². The lowest BCUT2D eigenvalue weighted by atomic mass is 9.79. The van der Waals surface area contributed by atoms with Gasteiger partial charge in [0, 0.05) is 20.1 Å². The van der Waals surface area contributed by atoms with Crippen molar-refractivity contribution in [3.63, 3.8) is 0 Å². The quantitative estimate of drug-likeness (QED) is 0.637. The summed E-state index contributed by atoms with van der Waals surface area (Å²) < 4.78 is 16.4. The molecule has 130 valence electrons. The molecule has 2 N–H and O–H groups in total. The summed E-state index contributed by atoms with van der Waals surface area (Å²) in [5, 5.41) is 16.9. The number of ether oxygens (including phenoxy) is 1. The van der Waals surface area contributed by atoms with Crippen molar-refractivity contribution in [2.45, 2.75) is 58.0 Å². The standard InChI is InChI=1S/C12H17BO2.C5H12O3/c1-11(2)12(3,4)15-13(14-11)10-8-6-5-7-9-10;1-8-5(7)3-2-4-6/h5-9H,1-4H3;5-7H,2-4H2,1H3. The van der Waals surface area contributed by atoms with E-state index in [2.05, 4.69) is 32.4 Å². The fraction of sp³-hybridized carbons (Fsp3) is 0.647. The SMILES string of the molecule is CC1(C)OB(c2ccccc2)OC1(C)C.COC(O)CCCO. The van der Waals surface area contributed by atoms with Crippen LogP contribution in [0.5, 0.6) is 0 Å². The number of aliphatic hydroxyl groups is 2. The highest BCUT2D eigenvalue weighted by Crippen LogP contribution is 2.36.